The molecule has 0 spiro atoms. The Labute approximate surface area is 66.4 Å². The lowest BCUT2D eigenvalue weighted by atomic mass is 10.3. The number of rotatable bonds is 2. The molecule has 1 aromatic heterocycles. The van der Waals surface area contributed by atoms with Crippen LogP contribution in [0, 0.1) is 6.92 Å². The van der Waals surface area contributed by atoms with Crippen LogP contribution in [0.4, 0.5) is 0 Å². The van der Waals surface area contributed by atoms with Crippen molar-refractivity contribution >= 4 is 0 Å². The van der Waals surface area contributed by atoms with Crippen LogP contribution in [0.2, 0.25) is 0 Å². The van der Waals surface area contributed by atoms with Gasteiger partial charge in [-0.05, 0) is 26.3 Å². The van der Waals surface area contributed by atoms with E-state index in [0.717, 1.165) is 5.56 Å². The van der Waals surface area contributed by atoms with E-state index in [4.69, 9.17) is 4.74 Å². The highest BCUT2D eigenvalue weighted by Gasteiger charge is 1.98. The normalized spacial score (nSPS) is 10.2. The van der Waals surface area contributed by atoms with Crippen molar-refractivity contribution in [1.29, 1.82) is 0 Å². The van der Waals surface area contributed by atoms with E-state index in [0.29, 0.717) is 5.88 Å². The van der Waals surface area contributed by atoms with Gasteiger partial charge in [-0.15, -0.1) is 5.10 Å². The number of hydrogen-bond acceptors (Lipinski definition) is 3. The van der Waals surface area contributed by atoms with Gasteiger partial charge in [-0.3, -0.25) is 0 Å². The third-order valence-electron chi connectivity index (χ3n) is 1.13. The van der Waals surface area contributed by atoms with Gasteiger partial charge in [0.1, 0.15) is 0 Å². The molecule has 0 saturated heterocycles. The molecule has 0 unspecified atom stereocenters. The van der Waals surface area contributed by atoms with Crippen LogP contribution in [0.15, 0.2) is 12.3 Å². The number of hydrogen-bond donors (Lipinski definition) is 0. The first kappa shape index (κ1) is 7.98. The minimum Gasteiger partial charge on any atom is -0.474 e. The van der Waals surface area contributed by atoms with Crippen molar-refractivity contribution in [3.05, 3.63) is 17.8 Å². The number of ether oxygens (including phenoxy) is 1. The number of aromatic nitrogens is 2. The zero-order valence-corrected chi connectivity index (χ0v) is 7.03. The topological polar surface area (TPSA) is 35.0 Å². The van der Waals surface area contributed by atoms with Gasteiger partial charge in [-0.25, -0.2) is 0 Å². The van der Waals surface area contributed by atoms with Gasteiger partial charge in [0.15, 0.2) is 0 Å². The van der Waals surface area contributed by atoms with Crippen molar-refractivity contribution in [2.45, 2.75) is 26.9 Å². The standard InChI is InChI=1S/C8H12N2O/c1-6(2)11-8-4-7(3)5-9-10-8/h4-6H,1-3H3. The first-order chi connectivity index (χ1) is 5.18. The molecule has 0 amide bonds. The highest BCUT2D eigenvalue weighted by atomic mass is 16.5. The van der Waals surface area contributed by atoms with Crippen molar-refractivity contribution in [2.75, 3.05) is 0 Å². The average Bonchev–Trinajstić information content (AvgIpc) is 1.85. The summed E-state index contributed by atoms with van der Waals surface area (Å²) in [5, 5.41) is 7.57. The van der Waals surface area contributed by atoms with Crippen molar-refractivity contribution in [1.82, 2.24) is 10.2 Å². The van der Waals surface area contributed by atoms with Crippen LogP contribution in [-0.2, 0) is 0 Å². The molecule has 0 radical (unpaired) electrons. The lowest BCUT2D eigenvalue weighted by Crippen LogP contribution is -2.07. The number of aryl methyl sites for hydroxylation is 1. The molecule has 11 heavy (non-hydrogen) atoms. The van der Waals surface area contributed by atoms with Gasteiger partial charge in [0.05, 0.1) is 12.3 Å². The molecule has 1 aromatic rings. The minimum absolute atomic E-state index is 0.158. The first-order valence-electron chi connectivity index (χ1n) is 3.64. The maximum absolute atomic E-state index is 5.32. The summed E-state index contributed by atoms with van der Waals surface area (Å²) >= 11 is 0. The maximum Gasteiger partial charge on any atom is 0.233 e. The second-order valence-electron chi connectivity index (χ2n) is 2.74. The molecule has 0 aliphatic rings. The monoisotopic (exact) mass is 152 g/mol. The molecule has 0 bridgehead atoms. The van der Waals surface area contributed by atoms with E-state index >= 15 is 0 Å². The summed E-state index contributed by atoms with van der Waals surface area (Å²) in [7, 11) is 0. The van der Waals surface area contributed by atoms with Gasteiger partial charge in [-0.1, -0.05) is 0 Å². The Morgan fingerprint density at radius 1 is 1.45 bits per heavy atom. The van der Waals surface area contributed by atoms with Crippen LogP contribution in [0.25, 0.3) is 0 Å². The van der Waals surface area contributed by atoms with Crippen molar-refractivity contribution in [3.63, 3.8) is 0 Å². The Hall–Kier alpha value is -1.12. The molecule has 1 rings (SSSR count). The van der Waals surface area contributed by atoms with Crippen molar-refractivity contribution < 1.29 is 4.74 Å². The van der Waals surface area contributed by atoms with Gasteiger partial charge in [0, 0.05) is 6.07 Å². The van der Waals surface area contributed by atoms with Crippen molar-refractivity contribution in [2.24, 2.45) is 0 Å². The largest absolute Gasteiger partial charge is 0.474 e. The summed E-state index contributed by atoms with van der Waals surface area (Å²) in [6.45, 7) is 5.88. The Morgan fingerprint density at radius 3 is 2.73 bits per heavy atom. The summed E-state index contributed by atoms with van der Waals surface area (Å²) in [5.74, 6) is 0.597. The predicted octanol–water partition coefficient (Wildman–Crippen LogP) is 1.57. The zero-order valence-electron chi connectivity index (χ0n) is 7.03. The molecule has 3 heteroatoms. The van der Waals surface area contributed by atoms with Gasteiger partial charge in [0.2, 0.25) is 5.88 Å². The maximum atomic E-state index is 5.32. The molecular formula is C8H12N2O. The zero-order chi connectivity index (χ0) is 8.27. The molecule has 3 nitrogen and oxygen atoms in total. The first-order valence-corrected chi connectivity index (χ1v) is 3.64. The molecule has 0 atom stereocenters. The van der Waals surface area contributed by atoms with E-state index in [1.54, 1.807) is 6.20 Å². The SMILES string of the molecule is Cc1cnnc(OC(C)C)c1. The molecule has 0 aromatic carbocycles. The van der Waals surface area contributed by atoms with Crippen molar-refractivity contribution in [3.8, 4) is 5.88 Å². The van der Waals surface area contributed by atoms with E-state index in [-0.39, 0.29) is 6.10 Å². The van der Waals surface area contributed by atoms with E-state index in [2.05, 4.69) is 10.2 Å². The van der Waals surface area contributed by atoms with Gasteiger partial charge >= 0.3 is 0 Å². The molecule has 0 N–H and O–H groups in total. The molecule has 1 heterocycles. The quantitative estimate of drug-likeness (QED) is 0.645. The number of nitrogens with zero attached hydrogens (tertiary/aromatic N) is 2. The third-order valence-corrected chi connectivity index (χ3v) is 1.13. The van der Waals surface area contributed by atoms with Crippen LogP contribution in [0.3, 0.4) is 0 Å². The van der Waals surface area contributed by atoms with Gasteiger partial charge < -0.3 is 4.74 Å². The van der Waals surface area contributed by atoms with Crippen LogP contribution < -0.4 is 4.74 Å². The molecule has 0 aliphatic carbocycles. The Morgan fingerprint density at radius 2 is 2.18 bits per heavy atom. The fraction of sp³-hybridized carbons (Fsp3) is 0.500. The molecular weight excluding hydrogens is 140 g/mol. The molecule has 0 fully saturated rings. The van der Waals surface area contributed by atoms with E-state index in [9.17, 15) is 0 Å². The second kappa shape index (κ2) is 3.32. The fourth-order valence-corrected chi connectivity index (χ4v) is 0.737. The molecule has 60 valence electrons. The Kier molecular flexibility index (Phi) is 2.41. The summed E-state index contributed by atoms with van der Waals surface area (Å²) in [4.78, 5) is 0. The summed E-state index contributed by atoms with van der Waals surface area (Å²) in [5.41, 5.74) is 1.07. The Balaban J connectivity index is 2.71. The summed E-state index contributed by atoms with van der Waals surface area (Å²) in [6.07, 6.45) is 1.86. The second-order valence-corrected chi connectivity index (χ2v) is 2.74. The van der Waals surface area contributed by atoms with E-state index in [1.165, 1.54) is 0 Å². The highest BCUT2D eigenvalue weighted by Crippen LogP contribution is 2.07. The third kappa shape index (κ3) is 2.53. The lowest BCUT2D eigenvalue weighted by Gasteiger charge is -2.06. The highest BCUT2D eigenvalue weighted by molar-refractivity contribution is 5.14. The van der Waals surface area contributed by atoms with E-state index in [1.807, 2.05) is 26.8 Å². The molecule has 0 aliphatic heterocycles. The van der Waals surface area contributed by atoms with Crippen LogP contribution in [0.1, 0.15) is 19.4 Å². The lowest BCUT2D eigenvalue weighted by molar-refractivity contribution is 0.230. The van der Waals surface area contributed by atoms with Crippen LogP contribution in [0.5, 0.6) is 5.88 Å². The van der Waals surface area contributed by atoms with Gasteiger partial charge in [-0.2, -0.15) is 5.10 Å². The van der Waals surface area contributed by atoms with Crippen LogP contribution in [-0.4, -0.2) is 16.3 Å². The minimum atomic E-state index is 0.158. The summed E-state index contributed by atoms with van der Waals surface area (Å²) in [6, 6.07) is 1.87. The van der Waals surface area contributed by atoms with E-state index < -0.39 is 0 Å². The fourth-order valence-electron chi connectivity index (χ4n) is 0.737. The average molecular weight is 152 g/mol. The van der Waals surface area contributed by atoms with Crippen LogP contribution >= 0.6 is 0 Å². The smallest absolute Gasteiger partial charge is 0.233 e. The molecule has 0 saturated carbocycles. The summed E-state index contributed by atoms with van der Waals surface area (Å²) < 4.78 is 5.32. The Bertz CT molecular complexity index is 235. The van der Waals surface area contributed by atoms with Gasteiger partial charge in [0.25, 0.3) is 0 Å². The predicted molar refractivity (Wildman–Crippen MR) is 42.5 cm³/mol.